The van der Waals surface area contributed by atoms with Gasteiger partial charge in [0.05, 0.1) is 6.54 Å². The third-order valence-electron chi connectivity index (χ3n) is 2.05. The van der Waals surface area contributed by atoms with Gasteiger partial charge < -0.3 is 0 Å². The van der Waals surface area contributed by atoms with E-state index in [0.29, 0.717) is 0 Å². The molecule has 1 nitrogen and oxygen atoms in total. The first-order valence-electron chi connectivity index (χ1n) is 3.92. The third kappa shape index (κ3) is 1.29. The van der Waals surface area contributed by atoms with Gasteiger partial charge in [0.2, 0.25) is 0 Å². The highest BCUT2D eigenvalue weighted by Gasteiger charge is 2.12. The second-order valence-corrected chi connectivity index (χ2v) is 2.94. The summed E-state index contributed by atoms with van der Waals surface area (Å²) in [6.07, 6.45) is 1.15. The Morgan fingerprint density at radius 2 is 2.18 bits per heavy atom. The van der Waals surface area contributed by atoms with Gasteiger partial charge in [0.25, 0.3) is 0 Å². The van der Waals surface area contributed by atoms with Gasteiger partial charge in [-0.05, 0) is 24.6 Å². The predicted molar refractivity (Wildman–Crippen MR) is 45.1 cm³/mol. The van der Waals surface area contributed by atoms with E-state index in [1.165, 1.54) is 11.1 Å². The van der Waals surface area contributed by atoms with Crippen LogP contribution in [0.3, 0.4) is 0 Å². The van der Waals surface area contributed by atoms with Gasteiger partial charge in [-0.25, -0.2) is 0 Å². The van der Waals surface area contributed by atoms with E-state index in [1.807, 2.05) is 0 Å². The molecule has 0 atom stereocenters. The van der Waals surface area contributed by atoms with Gasteiger partial charge in [-0.15, -0.1) is 0 Å². The maximum atomic E-state index is 3.29. The lowest BCUT2D eigenvalue weighted by molar-refractivity contribution is 0.406. The fourth-order valence-electron chi connectivity index (χ4n) is 1.40. The van der Waals surface area contributed by atoms with Crippen LogP contribution >= 0.6 is 0 Å². The van der Waals surface area contributed by atoms with E-state index < -0.39 is 0 Å². The zero-order chi connectivity index (χ0) is 7.68. The fraction of sp³-hybridized carbons (Fsp3) is 0.300. The van der Waals surface area contributed by atoms with Crippen molar-refractivity contribution >= 4 is 0 Å². The van der Waals surface area contributed by atoms with Crippen LogP contribution in [0.4, 0.5) is 0 Å². The molecule has 0 saturated carbocycles. The first-order valence-corrected chi connectivity index (χ1v) is 3.92. The summed E-state index contributed by atoms with van der Waals surface area (Å²) < 4.78 is 0. The molecule has 11 heavy (non-hydrogen) atoms. The molecular weight excluding hydrogens is 134 g/mol. The number of hydrogen-bond acceptors (Lipinski definition) is 1. The van der Waals surface area contributed by atoms with Crippen LogP contribution in [0.15, 0.2) is 24.3 Å². The Morgan fingerprint density at radius 1 is 1.36 bits per heavy atom. The van der Waals surface area contributed by atoms with E-state index >= 15 is 0 Å². The lowest BCUT2D eigenvalue weighted by Crippen LogP contribution is -2.24. The summed E-state index contributed by atoms with van der Waals surface area (Å²) in [7, 11) is 2.07. The first-order chi connectivity index (χ1) is 5.36. The molecule has 2 rings (SSSR count). The predicted octanol–water partition coefficient (Wildman–Crippen LogP) is 1.56. The zero-order valence-electron chi connectivity index (χ0n) is 6.67. The average molecular weight is 145 g/mol. The molecule has 2 radical (unpaired) electrons. The second kappa shape index (κ2) is 2.67. The summed E-state index contributed by atoms with van der Waals surface area (Å²) in [5.74, 6) is 0. The Kier molecular flexibility index (Phi) is 1.66. The Bertz CT molecular complexity index is 255. The number of benzene rings is 1. The molecule has 1 aliphatic rings. The minimum absolute atomic E-state index is 1.09. The van der Waals surface area contributed by atoms with Crippen LogP contribution in [0, 0.1) is 6.54 Å². The van der Waals surface area contributed by atoms with Crippen molar-refractivity contribution in [2.75, 3.05) is 13.6 Å². The quantitative estimate of drug-likeness (QED) is 0.535. The highest BCUT2D eigenvalue weighted by Crippen LogP contribution is 2.18. The molecule has 1 aromatic carbocycles. The van der Waals surface area contributed by atoms with Crippen LogP contribution in [-0.4, -0.2) is 18.5 Å². The number of likely N-dealkylation sites (N-methyl/N-ethyl adjacent to an activating group) is 1. The van der Waals surface area contributed by atoms with Crippen molar-refractivity contribution in [1.82, 2.24) is 4.90 Å². The fourth-order valence-corrected chi connectivity index (χ4v) is 1.40. The van der Waals surface area contributed by atoms with Crippen molar-refractivity contribution in [3.8, 4) is 0 Å². The Labute approximate surface area is 67.6 Å². The summed E-state index contributed by atoms with van der Waals surface area (Å²) in [5.41, 5.74) is 2.67. The monoisotopic (exact) mass is 145 g/mol. The summed E-state index contributed by atoms with van der Waals surface area (Å²) in [6, 6.07) is 8.44. The van der Waals surface area contributed by atoms with Crippen molar-refractivity contribution in [3.63, 3.8) is 0 Å². The minimum Gasteiger partial charge on any atom is -0.292 e. The summed E-state index contributed by atoms with van der Waals surface area (Å²) in [4.78, 5) is 2.11. The van der Waals surface area contributed by atoms with Crippen LogP contribution in [0.25, 0.3) is 0 Å². The maximum Gasteiger partial charge on any atom is 0.0963 e. The van der Waals surface area contributed by atoms with Crippen molar-refractivity contribution in [3.05, 3.63) is 41.9 Å². The molecule has 0 spiro atoms. The number of nitrogens with zero attached hydrogens (tertiary/aromatic N) is 1. The van der Waals surface area contributed by atoms with Gasteiger partial charge >= 0.3 is 0 Å². The minimum atomic E-state index is 1.09. The lowest BCUT2D eigenvalue weighted by atomic mass is 10.0. The summed E-state index contributed by atoms with van der Waals surface area (Å²) in [5, 5.41) is 0. The molecule has 0 aliphatic carbocycles. The topological polar surface area (TPSA) is 3.24 Å². The number of fused-ring (bicyclic) bond motifs is 1. The molecule has 1 aromatic rings. The number of hydrogen-bond donors (Lipinski definition) is 0. The van der Waals surface area contributed by atoms with Gasteiger partial charge in [-0.2, -0.15) is 0 Å². The molecule has 0 amide bonds. The molecule has 0 bridgehead atoms. The molecule has 1 heterocycles. The zero-order valence-corrected chi connectivity index (χ0v) is 6.67. The molecule has 1 heteroatoms. The SMILES string of the molecule is CN1[C]c2ccccc2CC1. The van der Waals surface area contributed by atoms with Crippen LogP contribution in [0.1, 0.15) is 11.1 Å². The molecule has 0 N–H and O–H groups in total. The van der Waals surface area contributed by atoms with Gasteiger partial charge in [-0.3, -0.25) is 4.90 Å². The van der Waals surface area contributed by atoms with Crippen LogP contribution in [0.2, 0.25) is 0 Å². The van der Waals surface area contributed by atoms with Crippen LogP contribution in [0.5, 0.6) is 0 Å². The number of rotatable bonds is 0. The van der Waals surface area contributed by atoms with Crippen LogP contribution in [-0.2, 0) is 6.42 Å². The maximum absolute atomic E-state index is 3.29. The Morgan fingerprint density at radius 3 is 3.09 bits per heavy atom. The largest absolute Gasteiger partial charge is 0.292 e. The van der Waals surface area contributed by atoms with Crippen LogP contribution < -0.4 is 0 Å². The molecular formula is C10H11N. The summed E-state index contributed by atoms with van der Waals surface area (Å²) in [6.45, 7) is 4.39. The van der Waals surface area contributed by atoms with Crippen molar-refractivity contribution in [1.29, 1.82) is 0 Å². The Balaban J connectivity index is 2.34. The highest BCUT2D eigenvalue weighted by atomic mass is 15.1. The van der Waals surface area contributed by atoms with E-state index in [9.17, 15) is 0 Å². The molecule has 56 valence electrons. The van der Waals surface area contributed by atoms with Crippen molar-refractivity contribution in [2.45, 2.75) is 6.42 Å². The van der Waals surface area contributed by atoms with E-state index in [4.69, 9.17) is 0 Å². The van der Waals surface area contributed by atoms with E-state index in [1.54, 1.807) is 0 Å². The van der Waals surface area contributed by atoms with Gasteiger partial charge in [0, 0.05) is 6.54 Å². The van der Waals surface area contributed by atoms with Gasteiger partial charge in [-0.1, -0.05) is 24.3 Å². The third-order valence-corrected chi connectivity index (χ3v) is 2.05. The smallest absolute Gasteiger partial charge is 0.0963 e. The van der Waals surface area contributed by atoms with Gasteiger partial charge in [0.1, 0.15) is 0 Å². The second-order valence-electron chi connectivity index (χ2n) is 2.94. The molecule has 0 saturated heterocycles. The molecule has 0 aromatic heterocycles. The summed E-state index contributed by atoms with van der Waals surface area (Å²) >= 11 is 0. The highest BCUT2D eigenvalue weighted by molar-refractivity contribution is 5.34. The molecule has 1 aliphatic heterocycles. The van der Waals surface area contributed by atoms with E-state index in [2.05, 4.69) is 42.8 Å². The van der Waals surface area contributed by atoms with Gasteiger partial charge in [0.15, 0.2) is 0 Å². The normalized spacial score (nSPS) is 17.9. The van der Waals surface area contributed by atoms with E-state index in [0.717, 1.165) is 13.0 Å². The Hall–Kier alpha value is -0.820. The van der Waals surface area contributed by atoms with E-state index in [-0.39, 0.29) is 0 Å². The first kappa shape index (κ1) is 6.86. The lowest BCUT2D eigenvalue weighted by Gasteiger charge is -2.22. The molecule has 0 unspecified atom stereocenters. The van der Waals surface area contributed by atoms with Crippen molar-refractivity contribution in [2.24, 2.45) is 0 Å². The average Bonchev–Trinajstić information content (AvgIpc) is 2.04. The standard InChI is InChI=1S/C10H11N/c1-11-7-6-9-4-2-3-5-10(9)8-11/h2-5H,6-7H2,1H3. The van der Waals surface area contributed by atoms with Crippen molar-refractivity contribution < 1.29 is 0 Å². The molecule has 0 fully saturated rings.